The quantitative estimate of drug-likeness (QED) is 0.525. The first-order valence-electron chi connectivity index (χ1n) is 8.39. The average molecular weight is 381 g/mol. The minimum Gasteiger partial charge on any atom is -0.363 e. The Morgan fingerprint density at radius 3 is 2.41 bits per heavy atom. The second kappa shape index (κ2) is 9.61. The Balaban J connectivity index is 0.000000221. The van der Waals surface area contributed by atoms with Crippen LogP contribution in [0.1, 0.15) is 5.56 Å². The van der Waals surface area contributed by atoms with Crippen molar-refractivity contribution in [3.63, 3.8) is 0 Å². The number of carbonyl (C=O) groups excluding carboxylic acids is 2. The van der Waals surface area contributed by atoms with Crippen LogP contribution in [-0.4, -0.2) is 30.0 Å². The van der Waals surface area contributed by atoms with Crippen molar-refractivity contribution in [2.45, 2.75) is 12.6 Å². The third-order valence-corrected chi connectivity index (χ3v) is 4.45. The second-order valence-corrected chi connectivity index (χ2v) is 6.56. The molecule has 1 N–H and O–H groups in total. The van der Waals surface area contributed by atoms with Gasteiger partial charge in [0.2, 0.25) is 6.41 Å². The summed E-state index contributed by atoms with van der Waals surface area (Å²) in [4.78, 5) is 27.6. The van der Waals surface area contributed by atoms with E-state index in [1.54, 1.807) is 16.5 Å². The number of ether oxygens (including phenoxy) is 1. The Labute approximate surface area is 161 Å². The first kappa shape index (κ1) is 18.8. The highest BCUT2D eigenvalue weighted by Gasteiger charge is 2.35. The lowest BCUT2D eigenvalue weighted by Gasteiger charge is -2.22. The Kier molecular flexibility index (Phi) is 6.67. The van der Waals surface area contributed by atoms with E-state index in [0.29, 0.717) is 24.7 Å². The summed E-state index contributed by atoms with van der Waals surface area (Å²) >= 11 is 1.39. The highest BCUT2D eigenvalue weighted by molar-refractivity contribution is 7.13. The number of para-hydroxylation sites is 1. The molecule has 0 saturated carbocycles. The van der Waals surface area contributed by atoms with Crippen molar-refractivity contribution >= 4 is 34.5 Å². The highest BCUT2D eigenvalue weighted by atomic mass is 32.1. The number of carbonyl (C=O) groups is 2. The highest BCUT2D eigenvalue weighted by Crippen LogP contribution is 2.22. The van der Waals surface area contributed by atoms with Gasteiger partial charge < -0.3 is 15.0 Å². The standard InChI is InChI=1S/C16H15NO2.C4H4N2OS/c18-16(15-12-19-15)17(14-9-5-2-6-10-14)11-13-7-3-1-4-8-13;7-3-6-4-5-1-2-8-4/h1-10,15H,11-12H2;1-3H,(H,5,6,7). The zero-order chi connectivity index (χ0) is 18.9. The molecule has 1 atom stereocenters. The monoisotopic (exact) mass is 381 g/mol. The Morgan fingerprint density at radius 2 is 1.85 bits per heavy atom. The first-order valence-corrected chi connectivity index (χ1v) is 9.27. The smallest absolute Gasteiger partial charge is 0.258 e. The lowest BCUT2D eigenvalue weighted by molar-refractivity contribution is -0.119. The predicted octanol–water partition coefficient (Wildman–Crippen LogP) is 3.33. The Morgan fingerprint density at radius 1 is 1.19 bits per heavy atom. The molecule has 3 aromatic rings. The van der Waals surface area contributed by atoms with Crippen LogP contribution in [0.4, 0.5) is 10.8 Å². The van der Waals surface area contributed by atoms with E-state index in [4.69, 9.17) is 4.74 Å². The molecule has 0 bridgehead atoms. The van der Waals surface area contributed by atoms with Gasteiger partial charge in [0.25, 0.3) is 5.91 Å². The number of anilines is 2. The fourth-order valence-corrected chi connectivity index (χ4v) is 2.87. The molecule has 7 heteroatoms. The molecule has 1 fully saturated rings. The number of epoxide rings is 1. The van der Waals surface area contributed by atoms with Gasteiger partial charge in [-0.25, -0.2) is 4.98 Å². The maximum absolute atomic E-state index is 12.3. The van der Waals surface area contributed by atoms with Crippen LogP contribution in [0.5, 0.6) is 0 Å². The molecule has 138 valence electrons. The summed E-state index contributed by atoms with van der Waals surface area (Å²) in [6, 6.07) is 19.7. The third-order valence-electron chi connectivity index (χ3n) is 3.74. The van der Waals surface area contributed by atoms with Gasteiger partial charge in [0, 0.05) is 17.3 Å². The van der Waals surface area contributed by atoms with Crippen LogP contribution >= 0.6 is 11.3 Å². The number of nitrogens with zero attached hydrogens (tertiary/aromatic N) is 2. The largest absolute Gasteiger partial charge is 0.363 e. The SMILES string of the molecule is O=C(C1CO1)N(Cc1ccccc1)c1ccccc1.O=CNc1nccs1. The molecule has 0 radical (unpaired) electrons. The fourth-order valence-electron chi connectivity index (χ4n) is 2.38. The lowest BCUT2D eigenvalue weighted by atomic mass is 10.2. The van der Waals surface area contributed by atoms with Gasteiger partial charge >= 0.3 is 0 Å². The summed E-state index contributed by atoms with van der Waals surface area (Å²) in [6.07, 6.45) is 1.99. The molecule has 27 heavy (non-hydrogen) atoms. The third kappa shape index (κ3) is 5.73. The minimum atomic E-state index is -0.260. The van der Waals surface area contributed by atoms with Crippen LogP contribution in [0.2, 0.25) is 0 Å². The molecule has 2 aromatic carbocycles. The van der Waals surface area contributed by atoms with Crippen LogP contribution in [-0.2, 0) is 20.9 Å². The molecule has 1 aliphatic rings. The molecule has 1 unspecified atom stereocenters. The molecule has 4 rings (SSSR count). The van der Waals surface area contributed by atoms with Crippen molar-refractivity contribution in [1.82, 2.24) is 4.98 Å². The number of benzene rings is 2. The van der Waals surface area contributed by atoms with E-state index in [9.17, 15) is 9.59 Å². The summed E-state index contributed by atoms with van der Waals surface area (Å²) in [6.45, 7) is 1.11. The van der Waals surface area contributed by atoms with Crippen molar-refractivity contribution in [3.05, 3.63) is 77.8 Å². The normalized spacial score (nSPS) is 14.4. The molecule has 2 amide bonds. The number of thiazole rings is 1. The van der Waals surface area contributed by atoms with E-state index in [-0.39, 0.29) is 12.0 Å². The van der Waals surface area contributed by atoms with Crippen LogP contribution in [0.3, 0.4) is 0 Å². The van der Waals surface area contributed by atoms with Crippen LogP contribution < -0.4 is 10.2 Å². The minimum absolute atomic E-state index is 0.0371. The maximum atomic E-state index is 12.3. The predicted molar refractivity (Wildman–Crippen MR) is 106 cm³/mol. The van der Waals surface area contributed by atoms with Gasteiger partial charge in [-0.2, -0.15) is 0 Å². The molecule has 1 saturated heterocycles. The van der Waals surface area contributed by atoms with Crippen molar-refractivity contribution in [2.24, 2.45) is 0 Å². The van der Waals surface area contributed by atoms with Crippen molar-refractivity contribution in [3.8, 4) is 0 Å². The molecule has 2 heterocycles. The summed E-state index contributed by atoms with van der Waals surface area (Å²) in [5.74, 6) is 0.0371. The number of hydrogen-bond donors (Lipinski definition) is 1. The van der Waals surface area contributed by atoms with Gasteiger partial charge in [-0.1, -0.05) is 48.5 Å². The van der Waals surface area contributed by atoms with E-state index in [1.807, 2.05) is 60.7 Å². The molecular formula is C20H19N3O3S. The van der Waals surface area contributed by atoms with E-state index in [0.717, 1.165) is 11.3 Å². The second-order valence-electron chi connectivity index (χ2n) is 5.67. The average Bonchev–Trinajstić information content (AvgIpc) is 3.45. The van der Waals surface area contributed by atoms with Crippen molar-refractivity contribution in [2.75, 3.05) is 16.8 Å². The van der Waals surface area contributed by atoms with Gasteiger partial charge in [0.15, 0.2) is 11.2 Å². The molecule has 6 nitrogen and oxygen atoms in total. The Hall–Kier alpha value is -3.03. The maximum Gasteiger partial charge on any atom is 0.258 e. The summed E-state index contributed by atoms with van der Waals surface area (Å²) < 4.78 is 5.12. The number of nitrogens with one attached hydrogen (secondary N) is 1. The summed E-state index contributed by atoms with van der Waals surface area (Å²) in [7, 11) is 0. The zero-order valence-electron chi connectivity index (χ0n) is 14.5. The zero-order valence-corrected chi connectivity index (χ0v) is 15.3. The van der Waals surface area contributed by atoms with Gasteiger partial charge in [0.1, 0.15) is 0 Å². The van der Waals surface area contributed by atoms with E-state index in [1.165, 1.54) is 11.3 Å². The Bertz CT molecular complexity index is 837. The van der Waals surface area contributed by atoms with Crippen molar-refractivity contribution in [1.29, 1.82) is 0 Å². The molecule has 0 aliphatic carbocycles. The van der Waals surface area contributed by atoms with Gasteiger partial charge in [-0.15, -0.1) is 11.3 Å². The number of hydrogen-bond acceptors (Lipinski definition) is 5. The fraction of sp³-hybridized carbons (Fsp3) is 0.150. The van der Waals surface area contributed by atoms with Gasteiger partial charge in [-0.3, -0.25) is 9.59 Å². The van der Waals surface area contributed by atoms with Gasteiger partial charge in [-0.05, 0) is 17.7 Å². The summed E-state index contributed by atoms with van der Waals surface area (Å²) in [5.41, 5.74) is 2.02. The van der Waals surface area contributed by atoms with E-state index in [2.05, 4.69) is 10.3 Å². The molecule has 0 spiro atoms. The molecule has 1 aromatic heterocycles. The van der Waals surface area contributed by atoms with Gasteiger partial charge in [0.05, 0.1) is 13.2 Å². The molecular weight excluding hydrogens is 362 g/mol. The van der Waals surface area contributed by atoms with E-state index < -0.39 is 0 Å². The van der Waals surface area contributed by atoms with Crippen LogP contribution in [0.25, 0.3) is 0 Å². The topological polar surface area (TPSA) is 74.8 Å². The summed E-state index contributed by atoms with van der Waals surface area (Å²) in [5, 5.41) is 4.85. The van der Waals surface area contributed by atoms with Crippen LogP contribution in [0.15, 0.2) is 72.2 Å². The number of aromatic nitrogens is 1. The van der Waals surface area contributed by atoms with E-state index >= 15 is 0 Å². The van der Waals surface area contributed by atoms with Crippen LogP contribution in [0, 0.1) is 0 Å². The lowest BCUT2D eigenvalue weighted by Crippen LogP contribution is -2.34. The first-order chi connectivity index (χ1) is 13.3. The number of rotatable bonds is 6. The molecule has 1 aliphatic heterocycles. The number of amides is 2. The van der Waals surface area contributed by atoms with Crippen molar-refractivity contribution < 1.29 is 14.3 Å².